The van der Waals surface area contributed by atoms with Gasteiger partial charge in [0.1, 0.15) is 5.82 Å². The van der Waals surface area contributed by atoms with E-state index in [1.54, 1.807) is 0 Å². The molecule has 0 atom stereocenters. The molecule has 2 rings (SSSR count). The van der Waals surface area contributed by atoms with Gasteiger partial charge in [-0.25, -0.2) is 4.98 Å². The van der Waals surface area contributed by atoms with Crippen molar-refractivity contribution in [1.29, 1.82) is 0 Å². The molecule has 0 saturated carbocycles. The molecule has 2 N–H and O–H groups in total. The van der Waals surface area contributed by atoms with Gasteiger partial charge in [-0.05, 0) is 12.5 Å². The first-order valence-electron chi connectivity index (χ1n) is 5.81. The van der Waals surface area contributed by atoms with Gasteiger partial charge in [0.25, 0.3) is 0 Å². The lowest BCUT2D eigenvalue weighted by Gasteiger charge is -1.98. The molecule has 0 fully saturated rings. The Bertz CT molecular complexity index is 531. The van der Waals surface area contributed by atoms with Crippen molar-refractivity contribution in [1.82, 2.24) is 15.2 Å². The number of nitrogens with zero attached hydrogens (tertiary/aromatic N) is 2. The first-order valence-corrected chi connectivity index (χ1v) is 5.81. The molecule has 0 bridgehead atoms. The van der Waals surface area contributed by atoms with E-state index in [0.717, 1.165) is 11.4 Å². The van der Waals surface area contributed by atoms with Crippen molar-refractivity contribution in [3.8, 4) is 0 Å². The molecule has 1 heterocycles. The van der Waals surface area contributed by atoms with Crippen LogP contribution in [-0.4, -0.2) is 26.3 Å². The van der Waals surface area contributed by atoms with E-state index in [1.165, 1.54) is 5.56 Å². The Kier molecular flexibility index (Phi) is 3.72. The van der Waals surface area contributed by atoms with Crippen LogP contribution in [0.15, 0.2) is 24.3 Å². The average Bonchev–Trinajstić information content (AvgIpc) is 2.77. The van der Waals surface area contributed by atoms with Crippen LogP contribution in [0.25, 0.3) is 0 Å². The van der Waals surface area contributed by atoms with Crippen molar-refractivity contribution < 1.29 is 9.90 Å². The van der Waals surface area contributed by atoms with E-state index in [4.69, 9.17) is 5.11 Å². The van der Waals surface area contributed by atoms with Gasteiger partial charge in [-0.2, -0.15) is 5.10 Å². The third-order valence-electron chi connectivity index (χ3n) is 2.63. The summed E-state index contributed by atoms with van der Waals surface area (Å²) >= 11 is 0. The topological polar surface area (TPSA) is 78.9 Å². The van der Waals surface area contributed by atoms with Crippen LogP contribution in [-0.2, 0) is 17.6 Å². The fourth-order valence-corrected chi connectivity index (χ4v) is 1.64. The van der Waals surface area contributed by atoms with Crippen molar-refractivity contribution in [3.63, 3.8) is 0 Å². The van der Waals surface area contributed by atoms with Crippen LogP contribution in [0.3, 0.4) is 0 Å². The number of carbonyl (C=O) groups is 1. The monoisotopic (exact) mass is 245 g/mol. The minimum absolute atomic E-state index is 0.0574. The summed E-state index contributed by atoms with van der Waals surface area (Å²) in [7, 11) is 0. The number of carboxylic acid groups (broad SMARTS) is 1. The zero-order valence-corrected chi connectivity index (χ0v) is 10.2. The SMILES string of the molecule is Cc1ccc(Cc2nc(CCC(=O)O)n[nH]2)cc1. The van der Waals surface area contributed by atoms with Gasteiger partial charge in [0, 0.05) is 12.8 Å². The van der Waals surface area contributed by atoms with E-state index in [9.17, 15) is 4.79 Å². The number of aryl methyl sites for hydroxylation is 2. The second kappa shape index (κ2) is 5.44. The van der Waals surface area contributed by atoms with Crippen molar-refractivity contribution in [2.24, 2.45) is 0 Å². The molecular weight excluding hydrogens is 230 g/mol. The summed E-state index contributed by atoms with van der Waals surface area (Å²) in [4.78, 5) is 14.7. The van der Waals surface area contributed by atoms with E-state index < -0.39 is 5.97 Å². The maximum Gasteiger partial charge on any atom is 0.303 e. The lowest BCUT2D eigenvalue weighted by Crippen LogP contribution is -1.99. The zero-order chi connectivity index (χ0) is 13.0. The van der Waals surface area contributed by atoms with Crippen LogP contribution >= 0.6 is 0 Å². The molecule has 0 aliphatic heterocycles. The second-order valence-corrected chi connectivity index (χ2v) is 4.25. The van der Waals surface area contributed by atoms with Gasteiger partial charge in [-0.3, -0.25) is 9.89 Å². The van der Waals surface area contributed by atoms with Gasteiger partial charge in [0.05, 0.1) is 6.42 Å². The number of benzene rings is 1. The molecule has 0 amide bonds. The predicted molar refractivity (Wildman–Crippen MR) is 66.3 cm³/mol. The number of hydrogen-bond donors (Lipinski definition) is 2. The van der Waals surface area contributed by atoms with Gasteiger partial charge in [0.15, 0.2) is 5.82 Å². The van der Waals surface area contributed by atoms with Crippen LogP contribution in [0.5, 0.6) is 0 Å². The average molecular weight is 245 g/mol. The summed E-state index contributed by atoms with van der Waals surface area (Å²) in [5.41, 5.74) is 2.38. The lowest BCUT2D eigenvalue weighted by atomic mass is 10.1. The Morgan fingerprint density at radius 2 is 2.06 bits per heavy atom. The summed E-state index contributed by atoms with van der Waals surface area (Å²) in [6.07, 6.45) is 1.10. The highest BCUT2D eigenvalue weighted by atomic mass is 16.4. The third-order valence-corrected chi connectivity index (χ3v) is 2.63. The number of nitrogens with one attached hydrogen (secondary N) is 1. The maximum atomic E-state index is 10.4. The molecule has 5 nitrogen and oxygen atoms in total. The van der Waals surface area contributed by atoms with E-state index in [2.05, 4.69) is 39.4 Å². The van der Waals surface area contributed by atoms with Gasteiger partial charge in [-0.15, -0.1) is 0 Å². The summed E-state index contributed by atoms with van der Waals surface area (Å²) in [5, 5.41) is 15.4. The summed E-state index contributed by atoms with van der Waals surface area (Å²) in [6, 6.07) is 8.21. The standard InChI is InChI=1S/C13H15N3O2/c1-9-2-4-10(5-3-9)8-12-14-11(15-16-12)6-7-13(17)18/h2-5H,6-8H2,1H3,(H,17,18)(H,14,15,16). The largest absolute Gasteiger partial charge is 0.481 e. The van der Waals surface area contributed by atoms with E-state index in [1.807, 2.05) is 6.92 Å². The van der Waals surface area contributed by atoms with Crippen LogP contribution < -0.4 is 0 Å². The third kappa shape index (κ3) is 3.41. The molecule has 0 radical (unpaired) electrons. The highest BCUT2D eigenvalue weighted by molar-refractivity contribution is 5.66. The Labute approximate surface area is 105 Å². The quantitative estimate of drug-likeness (QED) is 0.840. The predicted octanol–water partition coefficient (Wildman–Crippen LogP) is 1.72. The van der Waals surface area contributed by atoms with Crippen molar-refractivity contribution in [3.05, 3.63) is 47.0 Å². The van der Waals surface area contributed by atoms with Gasteiger partial charge in [-0.1, -0.05) is 29.8 Å². The molecule has 0 unspecified atom stereocenters. The van der Waals surface area contributed by atoms with Crippen molar-refractivity contribution in [2.45, 2.75) is 26.2 Å². The van der Waals surface area contributed by atoms with E-state index >= 15 is 0 Å². The zero-order valence-electron chi connectivity index (χ0n) is 10.2. The maximum absolute atomic E-state index is 10.4. The molecule has 2 aromatic rings. The number of aromatic nitrogens is 3. The molecule has 94 valence electrons. The summed E-state index contributed by atoms with van der Waals surface area (Å²) in [6.45, 7) is 2.04. The highest BCUT2D eigenvalue weighted by Crippen LogP contribution is 2.08. The molecular formula is C13H15N3O2. The smallest absolute Gasteiger partial charge is 0.303 e. The molecule has 0 saturated heterocycles. The van der Waals surface area contributed by atoms with Crippen molar-refractivity contribution >= 4 is 5.97 Å². The fourth-order valence-electron chi connectivity index (χ4n) is 1.64. The molecule has 0 spiro atoms. The Morgan fingerprint density at radius 1 is 1.33 bits per heavy atom. The molecule has 5 heteroatoms. The summed E-state index contributed by atoms with van der Waals surface area (Å²) in [5.74, 6) is 0.485. The number of aliphatic carboxylic acids is 1. The van der Waals surface area contributed by atoms with Gasteiger partial charge < -0.3 is 5.11 Å². The van der Waals surface area contributed by atoms with Crippen LogP contribution in [0.1, 0.15) is 29.2 Å². The second-order valence-electron chi connectivity index (χ2n) is 4.25. The molecule has 0 aliphatic rings. The van der Waals surface area contributed by atoms with Crippen LogP contribution in [0, 0.1) is 6.92 Å². The minimum atomic E-state index is -0.833. The van der Waals surface area contributed by atoms with Gasteiger partial charge >= 0.3 is 5.97 Å². The Hall–Kier alpha value is -2.17. The summed E-state index contributed by atoms with van der Waals surface area (Å²) < 4.78 is 0. The fraction of sp³-hybridized carbons (Fsp3) is 0.308. The number of rotatable bonds is 5. The van der Waals surface area contributed by atoms with Crippen LogP contribution in [0.4, 0.5) is 0 Å². The Balaban J connectivity index is 1.97. The molecule has 1 aromatic carbocycles. The lowest BCUT2D eigenvalue weighted by molar-refractivity contribution is -0.137. The number of carboxylic acids is 1. The number of H-pyrrole nitrogens is 1. The Morgan fingerprint density at radius 3 is 2.72 bits per heavy atom. The minimum Gasteiger partial charge on any atom is -0.481 e. The molecule has 0 aliphatic carbocycles. The van der Waals surface area contributed by atoms with E-state index in [0.29, 0.717) is 18.7 Å². The first kappa shape index (κ1) is 12.3. The molecule has 1 aromatic heterocycles. The van der Waals surface area contributed by atoms with Crippen LogP contribution in [0.2, 0.25) is 0 Å². The van der Waals surface area contributed by atoms with Gasteiger partial charge in [0.2, 0.25) is 0 Å². The normalized spacial score (nSPS) is 10.5. The first-order chi connectivity index (χ1) is 8.63. The molecule has 18 heavy (non-hydrogen) atoms. The van der Waals surface area contributed by atoms with Crippen molar-refractivity contribution in [2.75, 3.05) is 0 Å². The number of aromatic amines is 1. The number of hydrogen-bond acceptors (Lipinski definition) is 3. The van der Waals surface area contributed by atoms with E-state index in [-0.39, 0.29) is 6.42 Å². The highest BCUT2D eigenvalue weighted by Gasteiger charge is 2.06.